The second kappa shape index (κ2) is 5.31. The zero-order chi connectivity index (χ0) is 10.7. The summed E-state index contributed by atoms with van der Waals surface area (Å²) in [6, 6.07) is 0. The minimum atomic E-state index is 0.886. The van der Waals surface area contributed by atoms with E-state index in [0.29, 0.717) is 0 Å². The van der Waals surface area contributed by atoms with E-state index in [1.165, 1.54) is 52.0 Å². The minimum Gasteiger partial charge on any atom is -0.316 e. The van der Waals surface area contributed by atoms with Gasteiger partial charge in [-0.1, -0.05) is 13.8 Å². The van der Waals surface area contributed by atoms with Crippen LogP contribution >= 0.6 is 0 Å². The summed E-state index contributed by atoms with van der Waals surface area (Å²) in [7, 11) is 0. The topological polar surface area (TPSA) is 15.3 Å². The standard InChI is InChI=1S/C13H26N2/c1-3-6-15(10-12-4-5-12)9-11(2)13-7-14-8-13/h11-14H,3-10H2,1-2H3. The Kier molecular flexibility index (Phi) is 4.04. The molecule has 1 unspecified atom stereocenters. The van der Waals surface area contributed by atoms with Crippen molar-refractivity contribution in [2.24, 2.45) is 17.8 Å². The van der Waals surface area contributed by atoms with Crippen molar-refractivity contribution < 1.29 is 0 Å². The molecule has 2 heteroatoms. The van der Waals surface area contributed by atoms with Gasteiger partial charge in [-0.2, -0.15) is 0 Å². The quantitative estimate of drug-likeness (QED) is 0.691. The van der Waals surface area contributed by atoms with E-state index in [2.05, 4.69) is 24.1 Å². The Labute approximate surface area is 94.4 Å². The Morgan fingerprint density at radius 2 is 2.07 bits per heavy atom. The van der Waals surface area contributed by atoms with Crippen molar-refractivity contribution in [1.29, 1.82) is 0 Å². The summed E-state index contributed by atoms with van der Waals surface area (Å²) in [5.41, 5.74) is 0. The Balaban J connectivity index is 1.70. The predicted octanol–water partition coefficient (Wildman–Crippen LogP) is 1.96. The summed E-state index contributed by atoms with van der Waals surface area (Å²) in [5.74, 6) is 2.88. The van der Waals surface area contributed by atoms with Gasteiger partial charge >= 0.3 is 0 Å². The first-order valence-corrected chi connectivity index (χ1v) is 6.72. The summed E-state index contributed by atoms with van der Waals surface area (Å²) in [6.07, 6.45) is 4.28. The van der Waals surface area contributed by atoms with E-state index in [4.69, 9.17) is 0 Å². The number of hydrogen-bond acceptors (Lipinski definition) is 2. The first kappa shape index (κ1) is 11.4. The SMILES string of the molecule is CCCN(CC1CC1)CC(C)C1CNC1. The largest absolute Gasteiger partial charge is 0.316 e. The molecule has 2 aliphatic rings. The second-order valence-corrected chi connectivity index (χ2v) is 5.60. The molecule has 15 heavy (non-hydrogen) atoms. The maximum absolute atomic E-state index is 3.38. The van der Waals surface area contributed by atoms with Gasteiger partial charge in [0.2, 0.25) is 0 Å². The molecule has 1 aliphatic carbocycles. The van der Waals surface area contributed by atoms with Gasteiger partial charge in [-0.3, -0.25) is 0 Å². The van der Waals surface area contributed by atoms with Crippen LogP contribution in [-0.4, -0.2) is 37.6 Å². The number of hydrogen-bond donors (Lipinski definition) is 1. The monoisotopic (exact) mass is 210 g/mol. The fourth-order valence-corrected chi connectivity index (χ4v) is 2.51. The highest BCUT2D eigenvalue weighted by molar-refractivity contribution is 4.83. The van der Waals surface area contributed by atoms with E-state index in [0.717, 1.165) is 17.8 Å². The van der Waals surface area contributed by atoms with Gasteiger partial charge < -0.3 is 10.2 Å². The van der Waals surface area contributed by atoms with Gasteiger partial charge in [0, 0.05) is 13.1 Å². The predicted molar refractivity (Wildman–Crippen MR) is 65.0 cm³/mol. The zero-order valence-electron chi connectivity index (χ0n) is 10.3. The number of nitrogens with zero attached hydrogens (tertiary/aromatic N) is 1. The molecule has 1 saturated heterocycles. The fraction of sp³-hybridized carbons (Fsp3) is 1.00. The van der Waals surface area contributed by atoms with Crippen molar-refractivity contribution in [3.05, 3.63) is 0 Å². The van der Waals surface area contributed by atoms with Crippen LogP contribution in [0, 0.1) is 17.8 Å². The molecule has 2 rings (SSSR count). The maximum atomic E-state index is 3.38. The smallest absolute Gasteiger partial charge is 0.00107 e. The summed E-state index contributed by atoms with van der Waals surface area (Å²) < 4.78 is 0. The van der Waals surface area contributed by atoms with Crippen LogP contribution in [0.15, 0.2) is 0 Å². The fourth-order valence-electron chi connectivity index (χ4n) is 2.51. The molecule has 0 aromatic heterocycles. The molecule has 0 aromatic rings. The van der Waals surface area contributed by atoms with Crippen molar-refractivity contribution in [3.8, 4) is 0 Å². The molecular formula is C13H26N2. The molecule has 2 nitrogen and oxygen atoms in total. The molecule has 88 valence electrons. The molecule has 2 fully saturated rings. The van der Waals surface area contributed by atoms with Crippen LogP contribution in [0.2, 0.25) is 0 Å². The van der Waals surface area contributed by atoms with Crippen LogP contribution in [0.1, 0.15) is 33.1 Å². The maximum Gasteiger partial charge on any atom is 0.00107 e. The van der Waals surface area contributed by atoms with Crippen molar-refractivity contribution in [3.63, 3.8) is 0 Å². The molecule has 0 bridgehead atoms. The van der Waals surface area contributed by atoms with Crippen LogP contribution in [-0.2, 0) is 0 Å². The van der Waals surface area contributed by atoms with Crippen LogP contribution < -0.4 is 5.32 Å². The first-order chi connectivity index (χ1) is 7.29. The van der Waals surface area contributed by atoms with Crippen molar-refractivity contribution in [1.82, 2.24) is 10.2 Å². The lowest BCUT2D eigenvalue weighted by Gasteiger charge is -2.36. The Bertz CT molecular complexity index is 185. The van der Waals surface area contributed by atoms with Gasteiger partial charge in [0.1, 0.15) is 0 Å². The molecule has 0 amide bonds. The van der Waals surface area contributed by atoms with E-state index < -0.39 is 0 Å². The Morgan fingerprint density at radius 1 is 1.33 bits per heavy atom. The van der Waals surface area contributed by atoms with E-state index >= 15 is 0 Å². The van der Waals surface area contributed by atoms with Crippen molar-refractivity contribution >= 4 is 0 Å². The third-order valence-corrected chi connectivity index (χ3v) is 3.92. The van der Waals surface area contributed by atoms with Crippen LogP contribution in [0.5, 0.6) is 0 Å². The molecule has 1 aliphatic heterocycles. The van der Waals surface area contributed by atoms with E-state index in [1.807, 2.05) is 0 Å². The number of rotatable bonds is 7. The number of nitrogens with one attached hydrogen (secondary N) is 1. The van der Waals surface area contributed by atoms with Gasteiger partial charge in [0.25, 0.3) is 0 Å². The first-order valence-electron chi connectivity index (χ1n) is 6.72. The van der Waals surface area contributed by atoms with E-state index in [9.17, 15) is 0 Å². The lowest BCUT2D eigenvalue weighted by molar-refractivity contribution is 0.162. The van der Waals surface area contributed by atoms with Gasteiger partial charge in [-0.05, 0) is 56.7 Å². The average molecular weight is 210 g/mol. The average Bonchev–Trinajstić information content (AvgIpc) is 2.84. The normalized spacial score (nSPS) is 24.2. The highest BCUT2D eigenvalue weighted by Crippen LogP contribution is 2.30. The molecule has 1 heterocycles. The summed E-state index contributed by atoms with van der Waals surface area (Å²) in [5, 5.41) is 3.38. The van der Waals surface area contributed by atoms with Gasteiger partial charge in [-0.15, -0.1) is 0 Å². The Morgan fingerprint density at radius 3 is 2.53 bits per heavy atom. The molecule has 0 radical (unpaired) electrons. The lowest BCUT2D eigenvalue weighted by Crippen LogP contribution is -2.48. The Hall–Kier alpha value is -0.0800. The molecule has 0 aromatic carbocycles. The summed E-state index contributed by atoms with van der Waals surface area (Å²) in [4.78, 5) is 2.71. The minimum absolute atomic E-state index is 0.886. The van der Waals surface area contributed by atoms with Gasteiger partial charge in [-0.25, -0.2) is 0 Å². The van der Waals surface area contributed by atoms with Crippen LogP contribution in [0.3, 0.4) is 0 Å². The van der Waals surface area contributed by atoms with Crippen molar-refractivity contribution in [2.45, 2.75) is 33.1 Å². The van der Waals surface area contributed by atoms with Crippen LogP contribution in [0.4, 0.5) is 0 Å². The van der Waals surface area contributed by atoms with Crippen LogP contribution in [0.25, 0.3) is 0 Å². The molecule has 1 saturated carbocycles. The van der Waals surface area contributed by atoms with Gasteiger partial charge in [0.05, 0.1) is 0 Å². The summed E-state index contributed by atoms with van der Waals surface area (Å²) in [6.45, 7) is 11.3. The van der Waals surface area contributed by atoms with Gasteiger partial charge in [0.15, 0.2) is 0 Å². The van der Waals surface area contributed by atoms with E-state index in [-0.39, 0.29) is 0 Å². The molecule has 1 atom stereocenters. The lowest BCUT2D eigenvalue weighted by atomic mass is 9.88. The highest BCUT2D eigenvalue weighted by Gasteiger charge is 2.28. The molecule has 1 N–H and O–H groups in total. The summed E-state index contributed by atoms with van der Waals surface area (Å²) >= 11 is 0. The third kappa shape index (κ3) is 3.46. The van der Waals surface area contributed by atoms with E-state index in [1.54, 1.807) is 0 Å². The van der Waals surface area contributed by atoms with Crippen molar-refractivity contribution in [2.75, 3.05) is 32.7 Å². The zero-order valence-corrected chi connectivity index (χ0v) is 10.3. The molecular weight excluding hydrogens is 184 g/mol. The second-order valence-electron chi connectivity index (χ2n) is 5.60. The molecule has 0 spiro atoms. The third-order valence-electron chi connectivity index (χ3n) is 3.92. The highest BCUT2D eigenvalue weighted by atomic mass is 15.1.